The zero-order valence-corrected chi connectivity index (χ0v) is 18.4. The Kier molecular flexibility index (Phi) is 5.93. The Morgan fingerprint density at radius 1 is 0.750 bits per heavy atom. The highest BCUT2D eigenvalue weighted by Crippen LogP contribution is 2.43. The molecule has 2 aromatic rings. The highest BCUT2D eigenvalue weighted by atomic mass is 29.3. The fourth-order valence-corrected chi connectivity index (χ4v) is 22.3. The molecule has 0 saturated heterocycles. The zero-order chi connectivity index (χ0) is 17.8. The number of hydrogen-bond donors (Lipinski definition) is 0. The summed E-state index contributed by atoms with van der Waals surface area (Å²) in [5.74, 6) is 0. The standard InChI is InChI=1S/C22H34Si2/c1-7-8-19-24(20-15-11-9-12-16-20,21-17-13-10-14-18-21)23(5,6)22(2,3)4/h9-18H,7-8,19H2,1-6H3. The average Bonchev–Trinajstić information content (AvgIpc) is 2.56. The van der Waals surface area contributed by atoms with Crippen LogP contribution in [0.5, 0.6) is 0 Å². The summed E-state index contributed by atoms with van der Waals surface area (Å²) in [5, 5.41) is 3.69. The lowest BCUT2D eigenvalue weighted by molar-refractivity contribution is 0.731. The Labute approximate surface area is 151 Å². The highest BCUT2D eigenvalue weighted by molar-refractivity contribution is 7.52. The van der Waals surface area contributed by atoms with E-state index in [0.717, 1.165) is 0 Å². The second-order valence-corrected chi connectivity index (χ2v) is 23.1. The van der Waals surface area contributed by atoms with Crippen LogP contribution in [-0.2, 0) is 0 Å². The van der Waals surface area contributed by atoms with Crippen LogP contribution >= 0.6 is 0 Å². The van der Waals surface area contributed by atoms with Gasteiger partial charge in [-0.1, -0.05) is 131 Å². The summed E-state index contributed by atoms with van der Waals surface area (Å²) in [4.78, 5) is 0. The molecule has 0 aliphatic heterocycles. The molecule has 2 aromatic carbocycles. The molecular formula is C22H34Si2. The quantitative estimate of drug-likeness (QED) is 0.589. The summed E-state index contributed by atoms with van der Waals surface area (Å²) in [7, 11) is -3.36. The van der Waals surface area contributed by atoms with Gasteiger partial charge >= 0.3 is 0 Å². The van der Waals surface area contributed by atoms with Crippen molar-refractivity contribution in [3.63, 3.8) is 0 Å². The Bertz CT molecular complexity index is 585. The van der Waals surface area contributed by atoms with Gasteiger partial charge in [0, 0.05) is 0 Å². The zero-order valence-electron chi connectivity index (χ0n) is 16.4. The van der Waals surface area contributed by atoms with Crippen molar-refractivity contribution in [3.8, 4) is 0 Å². The van der Waals surface area contributed by atoms with E-state index in [4.69, 9.17) is 0 Å². The summed E-state index contributed by atoms with van der Waals surface area (Å²) in [6.07, 6.45) is 2.62. The number of unbranched alkanes of at least 4 members (excludes halogenated alkanes) is 1. The normalized spacial score (nSPS) is 13.1. The molecular weight excluding hydrogens is 320 g/mol. The van der Waals surface area contributed by atoms with Gasteiger partial charge in [-0.25, -0.2) is 0 Å². The molecule has 2 heteroatoms. The average molecular weight is 355 g/mol. The van der Waals surface area contributed by atoms with Crippen molar-refractivity contribution in [1.29, 1.82) is 0 Å². The van der Waals surface area contributed by atoms with E-state index in [-0.39, 0.29) is 0 Å². The van der Waals surface area contributed by atoms with Gasteiger partial charge in [0.2, 0.25) is 0 Å². The van der Waals surface area contributed by atoms with Crippen molar-refractivity contribution in [3.05, 3.63) is 60.7 Å². The van der Waals surface area contributed by atoms with Crippen molar-refractivity contribution in [2.75, 3.05) is 0 Å². The van der Waals surface area contributed by atoms with Crippen LogP contribution in [0.25, 0.3) is 0 Å². The largest absolute Gasteiger partial charge is 0.111 e. The monoisotopic (exact) mass is 354 g/mol. The lowest BCUT2D eigenvalue weighted by Gasteiger charge is -2.52. The summed E-state index contributed by atoms with van der Waals surface area (Å²) in [6.45, 7) is 15.1. The molecule has 0 amide bonds. The van der Waals surface area contributed by atoms with Crippen LogP contribution in [0.15, 0.2) is 60.7 Å². The van der Waals surface area contributed by atoms with Crippen molar-refractivity contribution in [2.24, 2.45) is 0 Å². The maximum atomic E-state index is 2.66. The van der Waals surface area contributed by atoms with E-state index in [1.807, 2.05) is 0 Å². The van der Waals surface area contributed by atoms with E-state index in [1.165, 1.54) is 18.9 Å². The molecule has 2 rings (SSSR count). The molecule has 24 heavy (non-hydrogen) atoms. The Balaban J connectivity index is 2.79. The number of hydrogen-bond acceptors (Lipinski definition) is 0. The summed E-state index contributed by atoms with van der Waals surface area (Å²) in [6, 6.07) is 24.4. The molecule has 0 N–H and O–H groups in total. The maximum absolute atomic E-state index is 2.66. The van der Waals surface area contributed by atoms with E-state index in [9.17, 15) is 0 Å². The first kappa shape index (κ1) is 19.2. The van der Waals surface area contributed by atoms with Gasteiger partial charge in [-0.2, -0.15) is 0 Å². The van der Waals surface area contributed by atoms with Crippen molar-refractivity contribution >= 4 is 25.6 Å². The lowest BCUT2D eigenvalue weighted by Crippen LogP contribution is -2.76. The highest BCUT2D eigenvalue weighted by Gasteiger charge is 2.55. The van der Waals surface area contributed by atoms with Gasteiger partial charge in [0.15, 0.2) is 0 Å². The van der Waals surface area contributed by atoms with Gasteiger partial charge in [0.05, 0.1) is 7.59 Å². The van der Waals surface area contributed by atoms with Gasteiger partial charge in [-0.15, -0.1) is 0 Å². The van der Waals surface area contributed by atoms with Gasteiger partial charge < -0.3 is 0 Å². The second kappa shape index (κ2) is 7.41. The van der Waals surface area contributed by atoms with Crippen molar-refractivity contribution < 1.29 is 0 Å². The van der Waals surface area contributed by atoms with Crippen LogP contribution < -0.4 is 10.4 Å². The summed E-state index contributed by atoms with van der Waals surface area (Å²) >= 11 is 0. The molecule has 0 radical (unpaired) electrons. The molecule has 0 bridgehead atoms. The molecule has 0 atom stereocenters. The molecule has 0 heterocycles. The third-order valence-corrected chi connectivity index (χ3v) is 27.1. The van der Waals surface area contributed by atoms with Crippen molar-refractivity contribution in [2.45, 2.75) is 64.7 Å². The topological polar surface area (TPSA) is 0 Å². The Morgan fingerprint density at radius 2 is 1.17 bits per heavy atom. The molecule has 0 aliphatic rings. The molecule has 0 spiro atoms. The summed E-state index contributed by atoms with van der Waals surface area (Å²) in [5.41, 5.74) is 0. The fraction of sp³-hybridized carbons (Fsp3) is 0.455. The second-order valence-electron chi connectivity index (χ2n) is 8.62. The van der Waals surface area contributed by atoms with E-state index >= 15 is 0 Å². The van der Waals surface area contributed by atoms with Crippen LogP contribution in [0.3, 0.4) is 0 Å². The first-order valence-electron chi connectivity index (χ1n) is 9.38. The van der Waals surface area contributed by atoms with E-state index in [1.54, 1.807) is 10.4 Å². The van der Waals surface area contributed by atoms with Gasteiger partial charge in [-0.3, -0.25) is 0 Å². The molecule has 0 aromatic heterocycles. The van der Waals surface area contributed by atoms with Crippen LogP contribution in [-0.4, -0.2) is 15.2 Å². The minimum Gasteiger partial charge on any atom is -0.0703 e. The molecule has 0 nitrogen and oxygen atoms in total. The van der Waals surface area contributed by atoms with Crippen LogP contribution in [0, 0.1) is 0 Å². The van der Waals surface area contributed by atoms with Crippen LogP contribution in [0.2, 0.25) is 24.2 Å². The third-order valence-electron chi connectivity index (χ3n) is 6.38. The predicted molar refractivity (Wildman–Crippen MR) is 115 cm³/mol. The van der Waals surface area contributed by atoms with Gasteiger partial charge in [0.1, 0.15) is 7.59 Å². The smallest absolute Gasteiger partial charge is 0.0703 e. The Hall–Kier alpha value is -1.13. The first-order chi connectivity index (χ1) is 11.3. The fourth-order valence-electron chi connectivity index (χ4n) is 4.02. The summed E-state index contributed by atoms with van der Waals surface area (Å²) < 4.78 is 0. The molecule has 0 saturated carbocycles. The maximum Gasteiger partial charge on any atom is 0.111 e. The Morgan fingerprint density at radius 3 is 1.50 bits per heavy atom. The lowest BCUT2D eigenvalue weighted by atomic mass is 10.2. The first-order valence-corrected chi connectivity index (χ1v) is 15.6. The molecule has 130 valence electrons. The predicted octanol–water partition coefficient (Wildman–Crippen LogP) is 5.64. The third kappa shape index (κ3) is 3.31. The molecule has 0 fully saturated rings. The van der Waals surface area contributed by atoms with Crippen LogP contribution in [0.1, 0.15) is 40.5 Å². The van der Waals surface area contributed by atoms with Crippen LogP contribution in [0.4, 0.5) is 0 Å². The minimum absolute atomic E-state index is 0.388. The van der Waals surface area contributed by atoms with Gasteiger partial charge in [-0.05, 0) is 5.04 Å². The molecule has 0 unspecified atom stereocenters. The van der Waals surface area contributed by atoms with Gasteiger partial charge in [0.25, 0.3) is 0 Å². The minimum atomic E-state index is -1.79. The number of rotatable bonds is 6. The number of benzene rings is 2. The van der Waals surface area contributed by atoms with E-state index in [0.29, 0.717) is 5.04 Å². The van der Waals surface area contributed by atoms with E-state index < -0.39 is 15.2 Å². The van der Waals surface area contributed by atoms with E-state index in [2.05, 4.69) is 101 Å². The molecule has 0 aliphatic carbocycles. The SMILES string of the molecule is CCCC[Si](c1ccccc1)(c1ccccc1)[Si](C)(C)C(C)(C)C. The van der Waals surface area contributed by atoms with Crippen molar-refractivity contribution in [1.82, 2.24) is 0 Å².